The van der Waals surface area contributed by atoms with Crippen LogP contribution in [-0.2, 0) is 0 Å². The van der Waals surface area contributed by atoms with Gasteiger partial charge in [0, 0.05) is 24.3 Å². The number of carbonyl (C=O) groups excluding carboxylic acids is 2. The van der Waals surface area contributed by atoms with Crippen molar-refractivity contribution in [1.82, 2.24) is 9.88 Å². The zero-order chi connectivity index (χ0) is 15.7. The molecular weight excluding hydrogens is 264 g/mol. The molecule has 1 fully saturated rings. The minimum atomic E-state index is 0.00246. The van der Waals surface area contributed by atoms with Crippen LogP contribution in [-0.4, -0.2) is 34.7 Å². The number of nitrogens with zero attached hydrogens (tertiary/aromatic N) is 1. The molecule has 1 N–H and O–H groups in total. The summed E-state index contributed by atoms with van der Waals surface area (Å²) in [5, 5.41) is 0. The van der Waals surface area contributed by atoms with Gasteiger partial charge in [-0.15, -0.1) is 0 Å². The van der Waals surface area contributed by atoms with Crippen molar-refractivity contribution >= 4 is 11.7 Å². The Bertz CT molecular complexity index is 551. The molecular formula is C17H26N2O2. The van der Waals surface area contributed by atoms with Crippen LogP contribution in [0.5, 0.6) is 0 Å². The zero-order valence-electron chi connectivity index (χ0n) is 13.7. The van der Waals surface area contributed by atoms with Gasteiger partial charge in [0.15, 0.2) is 5.78 Å². The van der Waals surface area contributed by atoms with Gasteiger partial charge in [0.25, 0.3) is 5.91 Å². The first-order valence-electron chi connectivity index (χ1n) is 7.80. The number of carbonyl (C=O) groups is 2. The fourth-order valence-corrected chi connectivity index (χ4v) is 3.46. The van der Waals surface area contributed by atoms with Crippen molar-refractivity contribution in [3.8, 4) is 0 Å². The van der Waals surface area contributed by atoms with Gasteiger partial charge in [0.1, 0.15) is 5.69 Å². The van der Waals surface area contributed by atoms with Crippen LogP contribution >= 0.6 is 0 Å². The third kappa shape index (κ3) is 3.04. The Hall–Kier alpha value is -1.58. The monoisotopic (exact) mass is 290 g/mol. The van der Waals surface area contributed by atoms with Crippen molar-refractivity contribution in [2.45, 2.75) is 59.4 Å². The molecule has 1 amide bonds. The Morgan fingerprint density at radius 3 is 2.19 bits per heavy atom. The average Bonchev–Trinajstić information content (AvgIpc) is 2.73. The van der Waals surface area contributed by atoms with Crippen molar-refractivity contribution in [2.24, 2.45) is 5.92 Å². The van der Waals surface area contributed by atoms with Crippen molar-refractivity contribution < 1.29 is 9.59 Å². The molecule has 1 saturated carbocycles. The number of hydrogen-bond acceptors (Lipinski definition) is 2. The SMILES string of the molecule is CC(=O)c1c(C)[nH]c(C(=O)N(C)C2CCC(C)CC2)c1C. The van der Waals surface area contributed by atoms with Gasteiger partial charge < -0.3 is 9.88 Å². The highest BCUT2D eigenvalue weighted by atomic mass is 16.2. The van der Waals surface area contributed by atoms with Gasteiger partial charge in [-0.3, -0.25) is 9.59 Å². The van der Waals surface area contributed by atoms with Crippen LogP contribution in [0.3, 0.4) is 0 Å². The first-order chi connectivity index (χ1) is 9.82. The van der Waals surface area contributed by atoms with Crippen LogP contribution in [0.25, 0.3) is 0 Å². The van der Waals surface area contributed by atoms with Crippen LogP contribution < -0.4 is 0 Å². The standard InChI is InChI=1S/C17H26N2O2/c1-10-6-8-14(9-7-10)19(5)17(21)16-11(2)15(13(4)20)12(3)18-16/h10,14,18H,6-9H2,1-5H3. The second-order valence-electron chi connectivity index (χ2n) is 6.51. The lowest BCUT2D eigenvalue weighted by molar-refractivity contribution is 0.0673. The van der Waals surface area contributed by atoms with E-state index < -0.39 is 0 Å². The van der Waals surface area contributed by atoms with Crippen molar-refractivity contribution in [3.63, 3.8) is 0 Å². The van der Waals surface area contributed by atoms with E-state index in [4.69, 9.17) is 0 Å². The number of amides is 1. The molecule has 1 aromatic heterocycles. The van der Waals surface area contributed by atoms with Crippen molar-refractivity contribution in [2.75, 3.05) is 7.05 Å². The third-order valence-corrected chi connectivity index (χ3v) is 4.86. The number of nitrogens with one attached hydrogen (secondary N) is 1. The summed E-state index contributed by atoms with van der Waals surface area (Å²) in [4.78, 5) is 29.4. The van der Waals surface area contributed by atoms with E-state index in [9.17, 15) is 9.59 Å². The van der Waals surface area contributed by atoms with E-state index in [0.717, 1.165) is 30.0 Å². The first kappa shape index (κ1) is 15.8. The number of aryl methyl sites for hydroxylation is 1. The highest BCUT2D eigenvalue weighted by Crippen LogP contribution is 2.28. The molecule has 21 heavy (non-hydrogen) atoms. The third-order valence-electron chi connectivity index (χ3n) is 4.86. The Labute approximate surface area is 126 Å². The highest BCUT2D eigenvalue weighted by molar-refractivity contribution is 6.02. The smallest absolute Gasteiger partial charge is 0.270 e. The molecule has 0 aromatic carbocycles. The van der Waals surface area contributed by atoms with Gasteiger partial charge in [0.05, 0.1) is 0 Å². The van der Waals surface area contributed by atoms with Gasteiger partial charge >= 0.3 is 0 Å². The molecule has 1 heterocycles. The molecule has 0 bridgehead atoms. The number of rotatable bonds is 3. The van der Waals surface area contributed by atoms with Crippen LogP contribution in [0.1, 0.15) is 71.6 Å². The van der Waals surface area contributed by atoms with Gasteiger partial charge in [-0.05, 0) is 57.9 Å². The second kappa shape index (κ2) is 6.04. The molecule has 1 aliphatic carbocycles. The Kier molecular flexibility index (Phi) is 4.55. The number of ketones is 1. The molecule has 2 rings (SSSR count). The molecule has 4 nitrogen and oxygen atoms in total. The average molecular weight is 290 g/mol. The fraction of sp³-hybridized carbons (Fsp3) is 0.647. The summed E-state index contributed by atoms with van der Waals surface area (Å²) in [6, 6.07) is 0.317. The Morgan fingerprint density at radius 2 is 1.71 bits per heavy atom. The van der Waals surface area contributed by atoms with Crippen molar-refractivity contribution in [3.05, 3.63) is 22.5 Å². The Balaban J connectivity index is 2.20. The lowest BCUT2D eigenvalue weighted by Crippen LogP contribution is -2.39. The van der Waals surface area contributed by atoms with E-state index in [2.05, 4.69) is 11.9 Å². The zero-order valence-corrected chi connectivity index (χ0v) is 13.7. The topological polar surface area (TPSA) is 53.2 Å². The van der Waals surface area contributed by atoms with Crippen LogP contribution in [0.15, 0.2) is 0 Å². The van der Waals surface area contributed by atoms with Gasteiger partial charge in [-0.25, -0.2) is 0 Å². The van der Waals surface area contributed by atoms with E-state index in [1.165, 1.54) is 12.8 Å². The number of Topliss-reactive ketones (excluding diaryl/α,β-unsaturated/α-hetero) is 1. The summed E-state index contributed by atoms with van der Waals surface area (Å²) >= 11 is 0. The number of hydrogen-bond donors (Lipinski definition) is 1. The molecule has 4 heteroatoms. The predicted octanol–water partition coefficient (Wildman–Crippen LogP) is 3.48. The summed E-state index contributed by atoms with van der Waals surface area (Å²) in [5.41, 5.74) is 2.79. The predicted molar refractivity (Wildman–Crippen MR) is 83.8 cm³/mol. The van der Waals surface area contributed by atoms with Crippen LogP contribution in [0.4, 0.5) is 0 Å². The maximum atomic E-state index is 12.7. The maximum Gasteiger partial charge on any atom is 0.270 e. The fourth-order valence-electron chi connectivity index (χ4n) is 3.46. The summed E-state index contributed by atoms with van der Waals surface area (Å²) in [5.74, 6) is 0.778. The first-order valence-corrected chi connectivity index (χ1v) is 7.80. The molecule has 0 unspecified atom stereocenters. The van der Waals surface area contributed by atoms with Gasteiger partial charge in [0.2, 0.25) is 0 Å². The van der Waals surface area contributed by atoms with Crippen molar-refractivity contribution in [1.29, 1.82) is 0 Å². The van der Waals surface area contributed by atoms with E-state index >= 15 is 0 Å². The van der Waals surface area contributed by atoms with E-state index in [-0.39, 0.29) is 11.7 Å². The molecule has 0 spiro atoms. The minimum absolute atomic E-state index is 0.00246. The molecule has 0 saturated heterocycles. The second-order valence-corrected chi connectivity index (χ2v) is 6.51. The number of H-pyrrole nitrogens is 1. The molecule has 1 aromatic rings. The quantitative estimate of drug-likeness (QED) is 0.866. The summed E-state index contributed by atoms with van der Waals surface area (Å²) in [6.07, 6.45) is 4.51. The normalized spacial score (nSPS) is 22.1. The number of aromatic nitrogens is 1. The van der Waals surface area contributed by atoms with E-state index in [1.54, 1.807) is 6.92 Å². The van der Waals surface area contributed by atoms with E-state index in [0.29, 0.717) is 17.3 Å². The van der Waals surface area contributed by atoms with Gasteiger partial charge in [-0.1, -0.05) is 6.92 Å². The minimum Gasteiger partial charge on any atom is -0.354 e. The lowest BCUT2D eigenvalue weighted by Gasteiger charge is -2.33. The summed E-state index contributed by atoms with van der Waals surface area (Å²) < 4.78 is 0. The molecule has 0 radical (unpaired) electrons. The van der Waals surface area contributed by atoms with Gasteiger partial charge in [-0.2, -0.15) is 0 Å². The summed E-state index contributed by atoms with van der Waals surface area (Å²) in [6.45, 7) is 7.52. The van der Waals surface area contributed by atoms with Crippen LogP contribution in [0, 0.1) is 19.8 Å². The summed E-state index contributed by atoms with van der Waals surface area (Å²) in [7, 11) is 1.88. The Morgan fingerprint density at radius 1 is 1.14 bits per heavy atom. The van der Waals surface area contributed by atoms with Crippen LogP contribution in [0.2, 0.25) is 0 Å². The molecule has 116 valence electrons. The number of aromatic amines is 1. The molecule has 0 atom stereocenters. The molecule has 1 aliphatic rings. The largest absolute Gasteiger partial charge is 0.354 e. The lowest BCUT2D eigenvalue weighted by atomic mass is 9.86. The molecule has 0 aliphatic heterocycles. The van der Waals surface area contributed by atoms with E-state index in [1.807, 2.05) is 25.8 Å². The highest BCUT2D eigenvalue weighted by Gasteiger charge is 2.28. The maximum absolute atomic E-state index is 12.7.